The fraction of sp³-hybridized carbons (Fsp3) is 0.514. The number of carbonyl (C=O) groups is 3. The van der Waals surface area contributed by atoms with Crippen molar-refractivity contribution in [2.24, 2.45) is 22.7 Å². The van der Waals surface area contributed by atoms with E-state index < -0.39 is 76.4 Å². The van der Waals surface area contributed by atoms with Gasteiger partial charge in [0.1, 0.15) is 47.8 Å². The highest BCUT2D eigenvalue weighted by molar-refractivity contribution is 5.91. The molecule has 0 bridgehead atoms. The average Bonchev–Trinajstić information content (AvgIpc) is 3.02. The Morgan fingerprint density at radius 2 is 1.85 bits per heavy atom. The Labute approximate surface area is 276 Å². The van der Waals surface area contributed by atoms with Gasteiger partial charge in [0, 0.05) is 49.2 Å². The minimum Gasteiger partial charge on any atom is -0.482 e. The van der Waals surface area contributed by atoms with Gasteiger partial charge < -0.3 is 38.3 Å². The van der Waals surface area contributed by atoms with Crippen LogP contribution in [0.4, 0.5) is 0 Å². The highest BCUT2D eigenvalue weighted by atomic mass is 16.6. The fourth-order valence-electron chi connectivity index (χ4n) is 8.56. The number of nitrogens with zero attached hydrogens (tertiary/aromatic N) is 1. The van der Waals surface area contributed by atoms with E-state index in [4.69, 9.17) is 28.1 Å². The average molecular weight is 666 g/mol. The molecule has 2 fully saturated rings. The van der Waals surface area contributed by atoms with Crippen LogP contribution in [0.5, 0.6) is 5.75 Å². The number of aliphatic hydroxyl groups excluding tert-OH is 2. The van der Waals surface area contributed by atoms with Gasteiger partial charge in [0.25, 0.3) is 0 Å². The molecule has 256 valence electrons. The zero-order valence-corrected chi connectivity index (χ0v) is 27.3. The van der Waals surface area contributed by atoms with E-state index in [1.807, 2.05) is 13.8 Å². The van der Waals surface area contributed by atoms with Crippen molar-refractivity contribution >= 4 is 17.9 Å². The number of aromatic nitrogens is 1. The van der Waals surface area contributed by atoms with E-state index in [9.17, 15) is 29.4 Å². The van der Waals surface area contributed by atoms with Crippen LogP contribution in [0, 0.1) is 22.7 Å². The number of aliphatic hydroxyl groups is 2. The Morgan fingerprint density at radius 1 is 1.08 bits per heavy atom. The molecule has 13 nitrogen and oxygen atoms in total. The van der Waals surface area contributed by atoms with Crippen molar-refractivity contribution in [2.45, 2.75) is 84.1 Å². The Balaban J connectivity index is 1.49. The first-order chi connectivity index (χ1) is 22.7. The standard InChI is InChI=1S/C35H39NO12/c1-18(37)44-17-34(4)24-14-26(47-31(41)21-8-9-27(39)43-16-21)35(5)30(33(24,3)11-10-25(34)45-19(2)38)29(40)28-23(48-35)13-22(46-32(28)42)20-7-6-12-36-15-20/h6-9,12-13,15-16,24-27,29-30,39-40H,10-11,14,17H2,1-5H3/t24?,25-,26-,27?,29-,30?,33-,34-,35+/m0/s1. The Morgan fingerprint density at radius 3 is 2.50 bits per heavy atom. The van der Waals surface area contributed by atoms with E-state index in [0.29, 0.717) is 18.4 Å². The highest BCUT2D eigenvalue weighted by Gasteiger charge is 2.71. The van der Waals surface area contributed by atoms with Crippen LogP contribution in [0.2, 0.25) is 0 Å². The summed E-state index contributed by atoms with van der Waals surface area (Å²) < 4.78 is 35.1. The van der Waals surface area contributed by atoms with E-state index in [1.54, 1.807) is 25.3 Å². The van der Waals surface area contributed by atoms with E-state index in [2.05, 4.69) is 4.98 Å². The van der Waals surface area contributed by atoms with E-state index in [-0.39, 0.29) is 35.7 Å². The van der Waals surface area contributed by atoms with E-state index in [0.717, 1.165) is 6.26 Å². The maximum atomic E-state index is 13.6. The summed E-state index contributed by atoms with van der Waals surface area (Å²) in [5.41, 5.74) is -3.53. The largest absolute Gasteiger partial charge is 0.482 e. The van der Waals surface area contributed by atoms with Gasteiger partial charge in [-0.25, -0.2) is 9.59 Å². The van der Waals surface area contributed by atoms with Gasteiger partial charge in [0.05, 0.1) is 11.7 Å². The van der Waals surface area contributed by atoms with Crippen LogP contribution < -0.4 is 10.4 Å². The summed E-state index contributed by atoms with van der Waals surface area (Å²) in [7, 11) is 0. The maximum absolute atomic E-state index is 13.6. The third-order valence-electron chi connectivity index (χ3n) is 10.7. The number of fused-ring (bicyclic) bond motifs is 4. The molecule has 48 heavy (non-hydrogen) atoms. The van der Waals surface area contributed by atoms with Crippen molar-refractivity contribution < 1.29 is 52.7 Å². The molecule has 0 amide bonds. The molecule has 2 aliphatic heterocycles. The first-order valence-corrected chi connectivity index (χ1v) is 15.9. The molecule has 0 spiro atoms. The van der Waals surface area contributed by atoms with Gasteiger partial charge >= 0.3 is 23.5 Å². The predicted molar refractivity (Wildman–Crippen MR) is 166 cm³/mol. The van der Waals surface area contributed by atoms with E-state index in [1.165, 1.54) is 38.3 Å². The number of ether oxygens (including phenoxy) is 5. The molecular weight excluding hydrogens is 626 g/mol. The van der Waals surface area contributed by atoms with Crippen molar-refractivity contribution in [3.8, 4) is 17.1 Å². The number of hydrogen-bond donors (Lipinski definition) is 2. The molecule has 4 aliphatic rings. The fourth-order valence-corrected chi connectivity index (χ4v) is 8.56. The van der Waals surface area contributed by atoms with Gasteiger partial charge in [-0.3, -0.25) is 14.6 Å². The SMILES string of the molecule is CC(=O)OC[C@@]1(C)C2C[C@H](OC(=O)C3=COC(O)C=C3)[C@@]3(C)Oc4cc(-c5cccnc5)oc(=O)c4[C@H](O)C3[C@@]2(C)CC[C@@H]1OC(C)=O. The molecule has 0 aromatic carbocycles. The molecule has 2 aromatic rings. The Hall–Kier alpha value is -4.49. The third kappa shape index (κ3) is 5.58. The number of rotatable bonds is 6. The second kappa shape index (κ2) is 12.2. The van der Waals surface area contributed by atoms with Gasteiger partial charge in [-0.05, 0) is 61.8 Å². The van der Waals surface area contributed by atoms with Crippen LogP contribution in [0.3, 0.4) is 0 Å². The van der Waals surface area contributed by atoms with Gasteiger partial charge in [-0.1, -0.05) is 13.8 Å². The topological polar surface area (TPSA) is 181 Å². The number of hydrogen-bond acceptors (Lipinski definition) is 13. The molecule has 2 aliphatic carbocycles. The molecule has 13 heteroatoms. The number of carbonyl (C=O) groups excluding carboxylic acids is 3. The molecule has 3 unspecified atom stereocenters. The summed E-state index contributed by atoms with van der Waals surface area (Å²) >= 11 is 0. The van der Waals surface area contributed by atoms with Gasteiger partial charge in [0.15, 0.2) is 0 Å². The van der Waals surface area contributed by atoms with Crippen molar-refractivity contribution in [3.63, 3.8) is 0 Å². The summed E-state index contributed by atoms with van der Waals surface area (Å²) in [6.45, 7) is 8.05. The summed E-state index contributed by atoms with van der Waals surface area (Å²) in [4.78, 5) is 55.7. The lowest BCUT2D eigenvalue weighted by Gasteiger charge is -2.66. The van der Waals surface area contributed by atoms with Gasteiger partial charge in [-0.15, -0.1) is 0 Å². The Bertz CT molecular complexity index is 1730. The lowest BCUT2D eigenvalue weighted by atomic mass is 9.42. The minimum atomic E-state index is -1.43. The first-order valence-electron chi connectivity index (χ1n) is 15.9. The zero-order chi connectivity index (χ0) is 34.6. The second-order valence-electron chi connectivity index (χ2n) is 13.7. The quantitative estimate of drug-likeness (QED) is 0.338. The molecule has 2 aromatic heterocycles. The van der Waals surface area contributed by atoms with Crippen LogP contribution in [0.25, 0.3) is 11.3 Å². The van der Waals surface area contributed by atoms with Gasteiger partial charge in [0.2, 0.25) is 6.29 Å². The summed E-state index contributed by atoms with van der Waals surface area (Å²) in [6.07, 6.45) is 3.47. The van der Waals surface area contributed by atoms with Crippen LogP contribution >= 0.6 is 0 Å². The first kappa shape index (κ1) is 33.4. The molecule has 0 saturated heterocycles. The molecular formula is C35H39NO12. The predicted octanol–water partition coefficient (Wildman–Crippen LogP) is 3.52. The van der Waals surface area contributed by atoms with Crippen molar-refractivity contribution in [3.05, 3.63) is 70.6 Å². The minimum absolute atomic E-state index is 0.0363. The third-order valence-corrected chi connectivity index (χ3v) is 10.7. The van der Waals surface area contributed by atoms with Crippen LogP contribution in [0.15, 0.2) is 63.8 Å². The summed E-state index contributed by atoms with van der Waals surface area (Å²) in [5, 5.41) is 22.0. The number of pyridine rings is 1. The molecule has 0 radical (unpaired) electrons. The zero-order valence-electron chi connectivity index (χ0n) is 27.3. The van der Waals surface area contributed by atoms with Gasteiger partial charge in [-0.2, -0.15) is 0 Å². The van der Waals surface area contributed by atoms with Crippen LogP contribution in [0.1, 0.15) is 65.5 Å². The van der Waals surface area contributed by atoms with Crippen LogP contribution in [-0.4, -0.2) is 63.8 Å². The highest BCUT2D eigenvalue weighted by Crippen LogP contribution is 2.67. The molecule has 4 heterocycles. The summed E-state index contributed by atoms with van der Waals surface area (Å²) in [6, 6.07) is 4.93. The number of esters is 3. The van der Waals surface area contributed by atoms with Crippen molar-refractivity contribution in [1.82, 2.24) is 4.98 Å². The van der Waals surface area contributed by atoms with E-state index >= 15 is 0 Å². The maximum Gasteiger partial charge on any atom is 0.345 e. The van der Waals surface area contributed by atoms with Crippen molar-refractivity contribution in [1.29, 1.82) is 0 Å². The smallest absolute Gasteiger partial charge is 0.345 e. The normalized spacial score (nSPS) is 34.9. The molecule has 6 rings (SSSR count). The summed E-state index contributed by atoms with van der Waals surface area (Å²) in [5.74, 6) is -2.88. The lowest BCUT2D eigenvalue weighted by Crippen LogP contribution is -2.71. The molecule has 2 saturated carbocycles. The van der Waals surface area contributed by atoms with Crippen LogP contribution in [-0.2, 0) is 33.3 Å². The lowest BCUT2D eigenvalue weighted by molar-refractivity contribution is -0.270. The second-order valence-corrected chi connectivity index (χ2v) is 13.7. The van der Waals surface area contributed by atoms with Crippen molar-refractivity contribution in [2.75, 3.05) is 6.61 Å². The molecule has 2 N–H and O–H groups in total. The monoisotopic (exact) mass is 665 g/mol. The Kier molecular flexibility index (Phi) is 8.49. The molecule has 9 atom stereocenters.